The predicted molar refractivity (Wildman–Crippen MR) is 126 cm³/mol. The number of nitrogens with zero attached hydrogens (tertiary/aromatic N) is 2. The Balaban J connectivity index is 1.27. The Morgan fingerprint density at radius 2 is 1.89 bits per heavy atom. The van der Waals surface area contributed by atoms with Gasteiger partial charge in [-0.05, 0) is 25.0 Å². The SMILES string of the molecule is O=C(CN1C(=O)N[C@@H](CCCNC2=NCCN2)C1=O)NCCC(=O)ONC(=O)OC(=O)c1ccccc1. The number of nitrogens with one attached hydrogen (secondary N) is 5. The van der Waals surface area contributed by atoms with Crippen molar-refractivity contribution in [2.75, 3.05) is 32.7 Å². The lowest BCUT2D eigenvalue weighted by Crippen LogP contribution is -2.42. The minimum absolute atomic E-state index is 0.132. The van der Waals surface area contributed by atoms with E-state index < -0.39 is 48.5 Å². The third-order valence-corrected chi connectivity index (χ3v) is 5.14. The Morgan fingerprint density at radius 3 is 2.62 bits per heavy atom. The average Bonchev–Trinajstić information content (AvgIpc) is 3.50. The number of guanidine groups is 1. The second-order valence-corrected chi connectivity index (χ2v) is 7.87. The molecule has 1 aromatic rings. The van der Waals surface area contributed by atoms with E-state index in [-0.39, 0.29) is 18.5 Å². The summed E-state index contributed by atoms with van der Waals surface area (Å²) in [7, 11) is 0. The highest BCUT2D eigenvalue weighted by molar-refractivity contribution is 6.06. The maximum Gasteiger partial charge on any atom is 0.448 e. The number of hydroxylamine groups is 1. The number of carbonyl (C=O) groups excluding carboxylic acids is 6. The van der Waals surface area contributed by atoms with E-state index in [1.165, 1.54) is 12.1 Å². The number of hydrogen-bond donors (Lipinski definition) is 5. The van der Waals surface area contributed by atoms with Crippen LogP contribution in [0.4, 0.5) is 9.59 Å². The molecule has 0 aliphatic carbocycles. The van der Waals surface area contributed by atoms with Gasteiger partial charge in [-0.2, -0.15) is 0 Å². The summed E-state index contributed by atoms with van der Waals surface area (Å²) in [6.07, 6.45) is -0.642. The standard InChI is InChI=1S/C22H27N7O8/c30-16(13-29-18(32)15(27-21(29)34)7-4-9-24-20-25-11-12-26-20)23-10-8-17(31)37-28-22(35)36-19(33)14-5-2-1-3-6-14/h1-3,5-6,15H,4,7-13H2,(H,23,30)(H,27,34)(H,28,35)(H2,24,25,26)/t15-/m0/s1. The van der Waals surface area contributed by atoms with Crippen molar-refractivity contribution in [2.24, 2.45) is 4.99 Å². The second kappa shape index (κ2) is 13.4. The molecule has 0 bridgehead atoms. The fourth-order valence-corrected chi connectivity index (χ4v) is 3.34. The first kappa shape index (κ1) is 26.9. The molecule has 0 aromatic heterocycles. The van der Waals surface area contributed by atoms with E-state index >= 15 is 0 Å². The number of rotatable bonds is 10. The van der Waals surface area contributed by atoms with Crippen molar-refractivity contribution >= 4 is 41.8 Å². The summed E-state index contributed by atoms with van der Waals surface area (Å²) in [6.45, 7) is 1.36. The van der Waals surface area contributed by atoms with Gasteiger partial charge in [-0.25, -0.2) is 19.2 Å². The fourth-order valence-electron chi connectivity index (χ4n) is 3.34. The Hall–Kier alpha value is -4.69. The zero-order valence-electron chi connectivity index (χ0n) is 19.8. The molecule has 0 spiro atoms. The van der Waals surface area contributed by atoms with Crippen LogP contribution in [-0.4, -0.2) is 85.5 Å². The highest BCUT2D eigenvalue weighted by Crippen LogP contribution is 2.10. The van der Waals surface area contributed by atoms with Crippen LogP contribution in [0.1, 0.15) is 29.6 Å². The lowest BCUT2D eigenvalue weighted by molar-refractivity contribution is -0.149. The number of imide groups is 1. The third kappa shape index (κ3) is 8.48. The molecule has 1 fully saturated rings. The summed E-state index contributed by atoms with van der Waals surface area (Å²) in [5, 5.41) is 11.1. The number of amides is 5. The Bertz CT molecular complexity index is 1060. The maximum atomic E-state index is 12.5. The van der Waals surface area contributed by atoms with Crippen LogP contribution in [0, 0.1) is 0 Å². The zero-order valence-corrected chi connectivity index (χ0v) is 19.8. The van der Waals surface area contributed by atoms with Crippen molar-refractivity contribution in [3.05, 3.63) is 35.9 Å². The quantitative estimate of drug-likeness (QED) is 0.0823. The summed E-state index contributed by atoms with van der Waals surface area (Å²) in [6, 6.07) is 6.32. The first-order valence-corrected chi connectivity index (χ1v) is 11.5. The molecule has 2 aliphatic heterocycles. The number of esters is 1. The van der Waals surface area contributed by atoms with Crippen LogP contribution in [0.2, 0.25) is 0 Å². The first-order valence-electron chi connectivity index (χ1n) is 11.5. The van der Waals surface area contributed by atoms with E-state index in [1.54, 1.807) is 23.7 Å². The molecule has 1 aromatic carbocycles. The molecule has 3 rings (SSSR count). The van der Waals surface area contributed by atoms with Crippen molar-refractivity contribution in [3.8, 4) is 0 Å². The molecule has 1 atom stereocenters. The molecular weight excluding hydrogens is 490 g/mol. The molecule has 0 radical (unpaired) electrons. The molecule has 2 heterocycles. The number of hydrogen-bond acceptors (Lipinski definition) is 11. The van der Waals surface area contributed by atoms with Crippen LogP contribution in [-0.2, 0) is 24.0 Å². The number of urea groups is 1. The molecule has 2 aliphatic rings. The summed E-state index contributed by atoms with van der Waals surface area (Å²) < 4.78 is 4.46. The van der Waals surface area contributed by atoms with Gasteiger partial charge in [-0.1, -0.05) is 18.2 Å². The van der Waals surface area contributed by atoms with Crippen LogP contribution in [0.25, 0.3) is 0 Å². The monoisotopic (exact) mass is 517 g/mol. The van der Waals surface area contributed by atoms with Crippen LogP contribution >= 0.6 is 0 Å². The van der Waals surface area contributed by atoms with Gasteiger partial charge in [0.05, 0.1) is 18.5 Å². The van der Waals surface area contributed by atoms with Gasteiger partial charge in [0.2, 0.25) is 5.91 Å². The molecule has 5 amide bonds. The highest BCUT2D eigenvalue weighted by atomic mass is 16.7. The number of ether oxygens (including phenoxy) is 1. The summed E-state index contributed by atoms with van der Waals surface area (Å²) in [5.41, 5.74) is 1.80. The van der Waals surface area contributed by atoms with Crippen LogP contribution < -0.4 is 26.7 Å². The van der Waals surface area contributed by atoms with Crippen LogP contribution in [0.15, 0.2) is 35.3 Å². The normalized spacial score (nSPS) is 16.3. The van der Waals surface area contributed by atoms with Gasteiger partial charge in [-0.15, -0.1) is 5.48 Å². The average molecular weight is 517 g/mol. The number of aliphatic imine (C=N–C) groups is 1. The van der Waals surface area contributed by atoms with Gasteiger partial charge in [0.15, 0.2) is 5.96 Å². The van der Waals surface area contributed by atoms with E-state index in [9.17, 15) is 28.8 Å². The topological polar surface area (TPSA) is 197 Å². The lowest BCUT2D eigenvalue weighted by Gasteiger charge is -2.13. The van der Waals surface area contributed by atoms with E-state index in [0.717, 1.165) is 11.4 Å². The molecule has 0 unspecified atom stereocenters. The van der Waals surface area contributed by atoms with Crippen molar-refractivity contribution in [3.63, 3.8) is 0 Å². The van der Waals surface area contributed by atoms with Gasteiger partial charge >= 0.3 is 24.1 Å². The van der Waals surface area contributed by atoms with E-state index in [1.807, 2.05) is 0 Å². The van der Waals surface area contributed by atoms with Crippen molar-refractivity contribution in [2.45, 2.75) is 25.3 Å². The Kier molecular flexibility index (Phi) is 9.75. The van der Waals surface area contributed by atoms with Crippen LogP contribution in [0.5, 0.6) is 0 Å². The first-order chi connectivity index (χ1) is 17.8. The molecule has 15 nitrogen and oxygen atoms in total. The van der Waals surface area contributed by atoms with E-state index in [4.69, 9.17) is 0 Å². The second-order valence-electron chi connectivity index (χ2n) is 7.87. The van der Waals surface area contributed by atoms with Crippen LogP contribution in [0.3, 0.4) is 0 Å². The zero-order chi connectivity index (χ0) is 26.6. The Labute approximate surface area is 211 Å². The van der Waals surface area contributed by atoms with Gasteiger partial charge in [0.1, 0.15) is 12.6 Å². The van der Waals surface area contributed by atoms with E-state index in [0.29, 0.717) is 31.9 Å². The van der Waals surface area contributed by atoms with Crippen molar-refractivity contribution in [1.29, 1.82) is 0 Å². The van der Waals surface area contributed by atoms with Gasteiger partial charge < -0.3 is 30.8 Å². The molecule has 1 saturated heterocycles. The molecule has 5 N–H and O–H groups in total. The molecule has 15 heteroatoms. The van der Waals surface area contributed by atoms with Crippen molar-refractivity contribution in [1.82, 2.24) is 31.6 Å². The summed E-state index contributed by atoms with van der Waals surface area (Å²) >= 11 is 0. The highest BCUT2D eigenvalue weighted by Gasteiger charge is 2.38. The van der Waals surface area contributed by atoms with Crippen molar-refractivity contribution < 1.29 is 38.3 Å². The number of carbonyl (C=O) groups is 6. The summed E-state index contributed by atoms with van der Waals surface area (Å²) in [5.74, 6) is -2.32. The molecule has 198 valence electrons. The van der Waals surface area contributed by atoms with Gasteiger partial charge in [-0.3, -0.25) is 19.5 Å². The molecule has 0 saturated carbocycles. The van der Waals surface area contributed by atoms with E-state index in [2.05, 4.69) is 35.8 Å². The van der Waals surface area contributed by atoms with Gasteiger partial charge in [0.25, 0.3) is 5.91 Å². The molecular formula is C22H27N7O8. The largest absolute Gasteiger partial charge is 0.448 e. The molecule has 37 heavy (non-hydrogen) atoms. The minimum atomic E-state index is -1.29. The fraction of sp³-hybridized carbons (Fsp3) is 0.409. The lowest BCUT2D eigenvalue weighted by atomic mass is 10.1. The minimum Gasteiger partial charge on any atom is -0.370 e. The van der Waals surface area contributed by atoms with Gasteiger partial charge in [0, 0.05) is 19.6 Å². The Morgan fingerprint density at radius 1 is 1.11 bits per heavy atom. The summed E-state index contributed by atoms with van der Waals surface area (Å²) in [4.78, 5) is 81.1. The number of benzene rings is 1. The predicted octanol–water partition coefficient (Wildman–Crippen LogP) is -1.23. The third-order valence-electron chi connectivity index (χ3n) is 5.14. The maximum absolute atomic E-state index is 12.5. The smallest absolute Gasteiger partial charge is 0.370 e.